The summed E-state index contributed by atoms with van der Waals surface area (Å²) in [6, 6.07) is 3.80. The van der Waals surface area contributed by atoms with Crippen molar-refractivity contribution in [3.63, 3.8) is 0 Å². The fourth-order valence-electron chi connectivity index (χ4n) is 1.16. The van der Waals surface area contributed by atoms with Crippen LogP contribution in [0.15, 0.2) is 18.2 Å². The largest absolute Gasteiger partial charge is 0.573 e. The molecule has 0 radical (unpaired) electrons. The van der Waals surface area contributed by atoms with Gasteiger partial charge in [0.05, 0.1) is 10.5 Å². The highest BCUT2D eigenvalue weighted by molar-refractivity contribution is 9.09. The Bertz CT molecular complexity index is 434. The van der Waals surface area contributed by atoms with Crippen LogP contribution >= 0.6 is 15.9 Å². The van der Waals surface area contributed by atoms with Gasteiger partial charge >= 0.3 is 6.36 Å². The molecule has 0 aliphatic carbocycles. The van der Waals surface area contributed by atoms with E-state index >= 15 is 0 Å². The zero-order valence-electron chi connectivity index (χ0n) is 8.72. The van der Waals surface area contributed by atoms with Crippen molar-refractivity contribution in [2.24, 2.45) is 0 Å². The second-order valence-electron chi connectivity index (χ2n) is 3.32. The van der Waals surface area contributed by atoms with E-state index in [2.05, 4.69) is 20.7 Å². The van der Waals surface area contributed by atoms with Crippen LogP contribution in [0.5, 0.6) is 5.75 Å². The Morgan fingerprint density at radius 3 is 2.53 bits per heavy atom. The fourth-order valence-corrected chi connectivity index (χ4v) is 1.44. The van der Waals surface area contributed by atoms with Gasteiger partial charge in [-0.2, -0.15) is 0 Å². The van der Waals surface area contributed by atoms with E-state index in [-0.39, 0.29) is 11.5 Å². The molecule has 1 aromatic carbocycles. The lowest BCUT2D eigenvalue weighted by Gasteiger charge is -2.13. The Kier molecular flexibility index (Phi) is 4.03. The van der Waals surface area contributed by atoms with Gasteiger partial charge in [-0.3, -0.25) is 4.79 Å². The predicted octanol–water partition coefficient (Wildman–Crippen LogP) is 3.19. The number of ketones is 1. The van der Waals surface area contributed by atoms with Crippen molar-refractivity contribution in [2.45, 2.75) is 18.1 Å². The van der Waals surface area contributed by atoms with E-state index in [1.54, 1.807) is 0 Å². The molecule has 94 valence electrons. The first-order valence-electron chi connectivity index (χ1n) is 4.50. The van der Waals surface area contributed by atoms with E-state index in [4.69, 9.17) is 5.73 Å². The molecule has 0 heterocycles. The van der Waals surface area contributed by atoms with Gasteiger partial charge in [0.25, 0.3) is 0 Å². The minimum absolute atomic E-state index is 0.144. The van der Waals surface area contributed by atoms with Crippen LogP contribution in [0.25, 0.3) is 0 Å². The highest BCUT2D eigenvalue weighted by Gasteiger charge is 2.32. The molecule has 0 saturated heterocycles. The predicted molar refractivity (Wildman–Crippen MR) is 59.9 cm³/mol. The van der Waals surface area contributed by atoms with Gasteiger partial charge in [-0.05, 0) is 24.6 Å². The maximum Gasteiger partial charge on any atom is 0.573 e. The van der Waals surface area contributed by atoms with Gasteiger partial charge < -0.3 is 10.5 Å². The van der Waals surface area contributed by atoms with Gasteiger partial charge in [-0.15, -0.1) is 13.2 Å². The fraction of sp³-hybridized carbons (Fsp3) is 0.300. The monoisotopic (exact) mass is 311 g/mol. The Hall–Kier alpha value is -1.24. The summed E-state index contributed by atoms with van der Waals surface area (Å²) < 4.78 is 39.9. The Labute approximate surface area is 104 Å². The van der Waals surface area contributed by atoms with Crippen molar-refractivity contribution in [3.8, 4) is 5.75 Å². The summed E-state index contributed by atoms with van der Waals surface area (Å²) in [6.45, 7) is 1.32. The number of ether oxygens (including phenoxy) is 1. The molecule has 0 fully saturated rings. The van der Waals surface area contributed by atoms with E-state index in [9.17, 15) is 18.0 Å². The third kappa shape index (κ3) is 3.92. The van der Waals surface area contributed by atoms with Crippen molar-refractivity contribution in [3.05, 3.63) is 23.8 Å². The number of nitrogens with two attached hydrogens (primary N) is 1. The molecule has 7 heteroatoms. The van der Waals surface area contributed by atoms with Crippen LogP contribution in [0.3, 0.4) is 0 Å². The third-order valence-electron chi connectivity index (χ3n) is 1.91. The van der Waals surface area contributed by atoms with E-state index in [0.717, 1.165) is 6.07 Å². The number of alkyl halides is 4. The first kappa shape index (κ1) is 13.8. The molecule has 0 bridgehead atoms. The second kappa shape index (κ2) is 4.95. The zero-order chi connectivity index (χ0) is 13.2. The van der Waals surface area contributed by atoms with Crippen LogP contribution in [0.1, 0.15) is 17.3 Å². The van der Waals surface area contributed by atoms with Gasteiger partial charge in [-0.1, -0.05) is 22.0 Å². The van der Waals surface area contributed by atoms with Gasteiger partial charge in [0.1, 0.15) is 5.78 Å². The van der Waals surface area contributed by atoms with Crippen LogP contribution in [-0.4, -0.2) is 12.1 Å². The summed E-state index contributed by atoms with van der Waals surface area (Å²) in [5.74, 6) is -0.742. The highest BCUT2D eigenvalue weighted by atomic mass is 79.9. The van der Waals surface area contributed by atoms with Gasteiger partial charge in [0.15, 0.2) is 5.75 Å². The lowest BCUT2D eigenvalue weighted by atomic mass is 10.1. The summed E-state index contributed by atoms with van der Waals surface area (Å²) in [7, 11) is 0. The summed E-state index contributed by atoms with van der Waals surface area (Å²) >= 11 is 3.06. The number of benzene rings is 1. The molecule has 0 saturated carbocycles. The Morgan fingerprint density at radius 1 is 1.47 bits per heavy atom. The maximum absolute atomic E-state index is 12.1. The standard InChI is InChI=1S/C10H9BrF3NO2/c1-5(16)9(11)6-2-3-7(15)8(4-6)17-10(12,13)14/h2-4,9H,15H2,1H3. The number of anilines is 1. The lowest BCUT2D eigenvalue weighted by molar-refractivity contribution is -0.274. The van der Waals surface area contributed by atoms with Crippen LogP contribution < -0.4 is 10.5 Å². The normalized spacial score (nSPS) is 13.2. The third-order valence-corrected chi connectivity index (χ3v) is 3.09. The quantitative estimate of drug-likeness (QED) is 0.689. The van der Waals surface area contributed by atoms with Crippen molar-refractivity contribution in [1.29, 1.82) is 0 Å². The van der Waals surface area contributed by atoms with Crippen LogP contribution in [-0.2, 0) is 4.79 Å². The molecule has 3 nitrogen and oxygen atoms in total. The molecule has 0 aliphatic rings. The molecule has 1 rings (SSSR count). The van der Waals surface area contributed by atoms with Gasteiger partial charge in [0, 0.05) is 0 Å². The molecule has 0 amide bonds. The zero-order valence-corrected chi connectivity index (χ0v) is 10.3. The number of carbonyl (C=O) groups excluding carboxylic acids is 1. The minimum Gasteiger partial charge on any atom is -0.404 e. The second-order valence-corrected chi connectivity index (χ2v) is 4.23. The number of Topliss-reactive ketones (excluding diaryl/α,β-unsaturated/α-hetero) is 1. The molecule has 1 aromatic rings. The van der Waals surface area contributed by atoms with E-state index in [1.807, 2.05) is 0 Å². The summed E-state index contributed by atoms with van der Waals surface area (Å²) in [4.78, 5) is 10.4. The number of halogens is 4. The number of hydrogen-bond acceptors (Lipinski definition) is 3. The SMILES string of the molecule is CC(=O)C(Br)c1ccc(N)c(OC(F)(F)F)c1. The first-order valence-corrected chi connectivity index (χ1v) is 5.42. The smallest absolute Gasteiger partial charge is 0.404 e. The van der Waals surface area contributed by atoms with E-state index in [0.29, 0.717) is 5.56 Å². The van der Waals surface area contributed by atoms with Crippen molar-refractivity contribution >= 4 is 27.4 Å². The Balaban J connectivity index is 3.06. The molecule has 17 heavy (non-hydrogen) atoms. The topological polar surface area (TPSA) is 52.3 Å². The minimum atomic E-state index is -4.81. The van der Waals surface area contributed by atoms with Crippen molar-refractivity contribution in [1.82, 2.24) is 0 Å². The number of carbonyl (C=O) groups is 1. The van der Waals surface area contributed by atoms with Gasteiger partial charge in [-0.25, -0.2) is 0 Å². The molecule has 0 aliphatic heterocycles. The van der Waals surface area contributed by atoms with Crippen LogP contribution in [0.2, 0.25) is 0 Å². The first-order chi connectivity index (χ1) is 7.70. The van der Waals surface area contributed by atoms with Crippen LogP contribution in [0.4, 0.5) is 18.9 Å². The summed E-state index contributed by atoms with van der Waals surface area (Å²) in [5.41, 5.74) is 5.56. The Morgan fingerprint density at radius 2 is 2.06 bits per heavy atom. The molecule has 2 N–H and O–H groups in total. The average molecular weight is 312 g/mol. The molecular weight excluding hydrogens is 303 g/mol. The number of nitrogen functional groups attached to an aromatic ring is 1. The van der Waals surface area contributed by atoms with Gasteiger partial charge in [0.2, 0.25) is 0 Å². The maximum atomic E-state index is 12.1. The van der Waals surface area contributed by atoms with E-state index < -0.39 is 16.9 Å². The highest BCUT2D eigenvalue weighted by Crippen LogP contribution is 2.33. The molecule has 1 atom stereocenters. The summed E-state index contributed by atoms with van der Waals surface area (Å²) in [5, 5.41) is 0. The molecule has 0 spiro atoms. The molecule has 0 aromatic heterocycles. The number of hydrogen-bond donors (Lipinski definition) is 1. The summed E-state index contributed by atoms with van der Waals surface area (Å²) in [6.07, 6.45) is -4.81. The lowest BCUT2D eigenvalue weighted by Crippen LogP contribution is -2.18. The molecule has 1 unspecified atom stereocenters. The van der Waals surface area contributed by atoms with Crippen LogP contribution in [0, 0.1) is 0 Å². The van der Waals surface area contributed by atoms with E-state index in [1.165, 1.54) is 19.1 Å². The van der Waals surface area contributed by atoms with Crippen molar-refractivity contribution in [2.75, 3.05) is 5.73 Å². The molecular formula is C10H9BrF3NO2. The van der Waals surface area contributed by atoms with Crippen molar-refractivity contribution < 1.29 is 22.7 Å². The average Bonchev–Trinajstić information content (AvgIpc) is 2.18. The number of rotatable bonds is 3.